The Kier molecular flexibility index (Phi) is 2.82. The number of hydrogen-bond acceptors (Lipinski definition) is 2. The first kappa shape index (κ1) is 13.1. The van der Waals surface area contributed by atoms with Gasteiger partial charge in [0.2, 0.25) is 0 Å². The maximum atomic E-state index is 12.1. The average Bonchev–Trinajstić information content (AvgIpc) is 2.78. The lowest BCUT2D eigenvalue weighted by atomic mass is 9.95. The lowest BCUT2D eigenvalue weighted by Gasteiger charge is -2.13. The molecule has 2 saturated carbocycles. The first-order valence-corrected chi connectivity index (χ1v) is 7.03. The van der Waals surface area contributed by atoms with E-state index in [0.29, 0.717) is 23.8 Å². The van der Waals surface area contributed by atoms with Crippen molar-refractivity contribution >= 4 is 11.7 Å². The summed E-state index contributed by atoms with van der Waals surface area (Å²) in [7, 11) is 0. The molecule has 0 bridgehead atoms. The van der Waals surface area contributed by atoms with E-state index in [-0.39, 0.29) is 17.1 Å². The number of nitrogens with one attached hydrogen (secondary N) is 1. The number of ketones is 1. The summed E-state index contributed by atoms with van der Waals surface area (Å²) in [6, 6.07) is 9.08. The summed E-state index contributed by atoms with van der Waals surface area (Å²) >= 11 is 0. The van der Waals surface area contributed by atoms with Crippen LogP contribution in [0.25, 0.3) is 0 Å². The average molecular weight is 269 g/mol. The number of fused-ring (bicyclic) bond motifs is 1. The number of carbonyl (C=O) groups is 2. The highest BCUT2D eigenvalue weighted by atomic mass is 16.1. The second-order valence-corrected chi connectivity index (χ2v) is 6.39. The summed E-state index contributed by atoms with van der Waals surface area (Å²) in [6.07, 6.45) is 0.631. The van der Waals surface area contributed by atoms with E-state index in [4.69, 9.17) is 0 Å². The van der Waals surface area contributed by atoms with Gasteiger partial charge in [-0.3, -0.25) is 9.59 Å². The number of amides is 1. The molecule has 1 aromatic rings. The molecule has 0 aliphatic heterocycles. The second kappa shape index (κ2) is 4.30. The number of Topliss-reactive ketones (excluding diaryl/α,β-unsaturated/α-hetero) is 1. The van der Waals surface area contributed by atoms with E-state index in [9.17, 15) is 9.59 Å². The highest BCUT2D eigenvalue weighted by Crippen LogP contribution is 2.68. The van der Waals surface area contributed by atoms with Gasteiger partial charge in [0.1, 0.15) is 0 Å². The maximum absolute atomic E-state index is 12.1. The fourth-order valence-corrected chi connectivity index (χ4v) is 3.52. The van der Waals surface area contributed by atoms with E-state index in [1.807, 2.05) is 25.1 Å². The smallest absolute Gasteiger partial charge is 0.255 e. The van der Waals surface area contributed by atoms with E-state index in [1.165, 1.54) is 0 Å². The minimum Gasteiger partial charge on any atom is -0.326 e. The predicted octanol–water partition coefficient (Wildman–Crippen LogP) is 2.94. The Morgan fingerprint density at radius 3 is 2.50 bits per heavy atom. The molecule has 2 fully saturated rings. The Hall–Kier alpha value is -1.90. The van der Waals surface area contributed by atoms with Gasteiger partial charge in [0, 0.05) is 23.3 Å². The number of benzene rings is 1. The normalized spacial score (nSPS) is 28.9. The number of hydrogen-bond donors (Lipinski definition) is 1. The van der Waals surface area contributed by atoms with Crippen LogP contribution in [0.3, 0.4) is 0 Å². The molecule has 2 atom stereocenters. The van der Waals surface area contributed by atoms with Crippen LogP contribution in [0.5, 0.6) is 0 Å². The topological polar surface area (TPSA) is 46.2 Å². The monoisotopic (exact) mass is 269 g/mol. The largest absolute Gasteiger partial charge is 0.326 e. The Morgan fingerprint density at radius 2 is 1.90 bits per heavy atom. The number of carbonyl (C=O) groups excluding carboxylic acids is 2. The molecule has 1 aromatic carbocycles. The fourth-order valence-electron chi connectivity index (χ4n) is 3.52. The molecule has 2 aliphatic carbocycles. The van der Waals surface area contributed by atoms with Gasteiger partial charge in [0.05, 0.1) is 0 Å². The molecule has 3 nitrogen and oxygen atoms in total. The maximum Gasteiger partial charge on any atom is 0.255 e. The van der Waals surface area contributed by atoms with Crippen molar-refractivity contribution in [2.24, 2.45) is 17.3 Å². The molecular formula is C17H19NO2. The summed E-state index contributed by atoms with van der Waals surface area (Å²) in [6.45, 7) is 6.23. The number of allylic oxidation sites excluding steroid dienone is 2. The van der Waals surface area contributed by atoms with Crippen LogP contribution in [-0.2, 0) is 4.79 Å². The molecule has 3 heteroatoms. The lowest BCUT2D eigenvalue weighted by Crippen LogP contribution is -2.24. The Balaban J connectivity index is 1.82. The zero-order valence-corrected chi connectivity index (χ0v) is 12.1. The van der Waals surface area contributed by atoms with Gasteiger partial charge in [-0.05, 0) is 36.3 Å². The van der Waals surface area contributed by atoms with Crippen LogP contribution in [0.2, 0.25) is 0 Å². The van der Waals surface area contributed by atoms with Gasteiger partial charge in [0.25, 0.3) is 5.91 Å². The second-order valence-electron chi connectivity index (χ2n) is 6.39. The minimum atomic E-state index is -0.148. The first-order valence-electron chi connectivity index (χ1n) is 7.03. The van der Waals surface area contributed by atoms with Crippen molar-refractivity contribution in [3.05, 3.63) is 47.2 Å². The molecule has 20 heavy (non-hydrogen) atoms. The van der Waals surface area contributed by atoms with Crippen molar-refractivity contribution in [3.8, 4) is 0 Å². The van der Waals surface area contributed by atoms with Crippen molar-refractivity contribution < 1.29 is 9.59 Å². The van der Waals surface area contributed by atoms with Crippen molar-refractivity contribution in [2.75, 3.05) is 0 Å². The summed E-state index contributed by atoms with van der Waals surface area (Å²) in [4.78, 5) is 24.2. The highest BCUT2D eigenvalue weighted by Gasteiger charge is 2.65. The molecule has 0 radical (unpaired) electrons. The highest BCUT2D eigenvalue weighted by molar-refractivity contribution is 6.03. The lowest BCUT2D eigenvalue weighted by molar-refractivity contribution is -0.115. The van der Waals surface area contributed by atoms with Gasteiger partial charge < -0.3 is 5.32 Å². The third kappa shape index (κ3) is 1.89. The standard InChI is InChI=1S/C17H19NO2/c1-10(18-16(20)11-7-5-4-6-8-11)14-13(19)9-12-15(14)17(12,2)3/h4-8,12,15H,9H2,1-3H3,(H,18,20)/t12-,15+/m1/s1. The van der Waals surface area contributed by atoms with Crippen molar-refractivity contribution in [1.29, 1.82) is 0 Å². The Labute approximate surface area is 119 Å². The quantitative estimate of drug-likeness (QED) is 0.839. The van der Waals surface area contributed by atoms with Gasteiger partial charge in [-0.25, -0.2) is 0 Å². The van der Waals surface area contributed by atoms with Crippen LogP contribution in [-0.4, -0.2) is 11.7 Å². The summed E-state index contributed by atoms with van der Waals surface area (Å²) < 4.78 is 0. The van der Waals surface area contributed by atoms with Crippen LogP contribution in [0.1, 0.15) is 37.6 Å². The van der Waals surface area contributed by atoms with Gasteiger partial charge in [-0.15, -0.1) is 0 Å². The Bertz CT molecular complexity index is 613. The van der Waals surface area contributed by atoms with Crippen molar-refractivity contribution in [1.82, 2.24) is 5.32 Å². The van der Waals surface area contributed by atoms with E-state index < -0.39 is 0 Å². The molecule has 104 valence electrons. The molecule has 0 unspecified atom stereocenters. The van der Waals surface area contributed by atoms with Crippen molar-refractivity contribution in [2.45, 2.75) is 27.2 Å². The van der Waals surface area contributed by atoms with E-state index in [1.54, 1.807) is 12.1 Å². The van der Waals surface area contributed by atoms with E-state index in [2.05, 4.69) is 19.2 Å². The summed E-state index contributed by atoms with van der Waals surface area (Å²) in [5.74, 6) is 0.843. The van der Waals surface area contributed by atoms with Crippen molar-refractivity contribution in [3.63, 3.8) is 0 Å². The van der Waals surface area contributed by atoms with Gasteiger partial charge >= 0.3 is 0 Å². The van der Waals surface area contributed by atoms with Crippen LogP contribution >= 0.6 is 0 Å². The molecule has 0 heterocycles. The molecule has 0 saturated heterocycles. The zero-order chi connectivity index (χ0) is 14.5. The molecule has 0 aromatic heterocycles. The third-order valence-corrected chi connectivity index (χ3v) is 4.81. The van der Waals surface area contributed by atoms with Crippen LogP contribution in [0, 0.1) is 17.3 Å². The first-order chi connectivity index (χ1) is 9.43. The zero-order valence-electron chi connectivity index (χ0n) is 12.1. The summed E-state index contributed by atoms with van der Waals surface area (Å²) in [5.41, 5.74) is 2.39. The summed E-state index contributed by atoms with van der Waals surface area (Å²) in [5, 5.41) is 2.88. The van der Waals surface area contributed by atoms with Crippen LogP contribution in [0.4, 0.5) is 0 Å². The van der Waals surface area contributed by atoms with Crippen LogP contribution < -0.4 is 5.32 Å². The Morgan fingerprint density at radius 1 is 1.25 bits per heavy atom. The van der Waals surface area contributed by atoms with E-state index >= 15 is 0 Å². The fraction of sp³-hybridized carbons (Fsp3) is 0.412. The van der Waals surface area contributed by atoms with Gasteiger partial charge in [-0.2, -0.15) is 0 Å². The molecule has 1 amide bonds. The van der Waals surface area contributed by atoms with Crippen LogP contribution in [0.15, 0.2) is 41.6 Å². The SMILES string of the molecule is CC(NC(=O)c1ccccc1)=C1C(=O)C[C@@H]2[C@@H]1C2(C)C. The molecule has 1 N–H and O–H groups in total. The molecule has 0 spiro atoms. The minimum absolute atomic E-state index is 0.148. The molecule has 3 rings (SSSR count). The molecule has 2 aliphatic rings. The third-order valence-electron chi connectivity index (χ3n) is 4.81. The molecular weight excluding hydrogens is 250 g/mol. The van der Waals surface area contributed by atoms with Gasteiger partial charge in [-0.1, -0.05) is 32.0 Å². The van der Waals surface area contributed by atoms with E-state index in [0.717, 1.165) is 11.3 Å². The number of rotatable bonds is 2. The van der Waals surface area contributed by atoms with Gasteiger partial charge in [0.15, 0.2) is 5.78 Å². The predicted molar refractivity (Wildman–Crippen MR) is 77.0 cm³/mol.